The minimum atomic E-state index is -5.56. The van der Waals surface area contributed by atoms with Crippen molar-refractivity contribution in [2.24, 2.45) is 0 Å². The van der Waals surface area contributed by atoms with Gasteiger partial charge in [-0.15, -0.1) is 0 Å². The molecule has 0 bridgehead atoms. The van der Waals surface area contributed by atoms with Crippen molar-refractivity contribution in [3.63, 3.8) is 0 Å². The van der Waals surface area contributed by atoms with Crippen molar-refractivity contribution < 1.29 is 31.5 Å². The van der Waals surface area contributed by atoms with Gasteiger partial charge in [0.2, 0.25) is 0 Å². The molecule has 0 aliphatic carbocycles. The van der Waals surface area contributed by atoms with Crippen LogP contribution in [-0.4, -0.2) is 29.4 Å². The fraction of sp³-hybridized carbons (Fsp3) is 0.238. The first kappa shape index (κ1) is 23.7. The summed E-state index contributed by atoms with van der Waals surface area (Å²) in [6, 6.07) is 12.5. The Bertz CT molecular complexity index is 1220. The molecule has 32 heavy (non-hydrogen) atoms. The summed E-state index contributed by atoms with van der Waals surface area (Å²) in [5, 5.41) is 9.43. The van der Waals surface area contributed by atoms with Crippen LogP contribution in [0.15, 0.2) is 48.5 Å². The smallest absolute Gasteiger partial charge is 0.477 e. The van der Waals surface area contributed by atoms with E-state index in [1.807, 2.05) is 6.92 Å². The third-order valence-corrected chi connectivity index (χ3v) is 6.69. The molecule has 1 heterocycles. The first-order valence-corrected chi connectivity index (χ1v) is 11.8. The molecule has 0 radical (unpaired) electrons. The highest BCUT2D eigenvalue weighted by Crippen LogP contribution is 2.33. The molecule has 3 rings (SSSR count). The normalized spacial score (nSPS) is 12.0. The van der Waals surface area contributed by atoms with Crippen molar-refractivity contribution in [1.29, 1.82) is 0 Å². The van der Waals surface area contributed by atoms with Gasteiger partial charge < -0.3 is 5.11 Å². The molecule has 0 aliphatic rings. The minimum Gasteiger partial charge on any atom is -0.477 e. The Labute approximate surface area is 186 Å². The van der Waals surface area contributed by atoms with Crippen molar-refractivity contribution in [3.8, 4) is 11.1 Å². The standard InChI is InChI=1S/C21H19F3N2O4S2/c1-2-5-17-16(19(20(27)28)31-25-17)12-13-8-10-14(11-9-13)15-6-3-4-7-18(15)26-32(29,30)21(22,23)24/h3-4,6-11,26H,2,5,12H2,1H3,(H,27,28). The fourth-order valence-electron chi connectivity index (χ4n) is 3.16. The lowest BCUT2D eigenvalue weighted by molar-refractivity contribution is -0.0429. The second kappa shape index (κ2) is 9.29. The van der Waals surface area contributed by atoms with E-state index in [4.69, 9.17) is 0 Å². The van der Waals surface area contributed by atoms with E-state index in [1.54, 1.807) is 35.1 Å². The number of nitrogens with one attached hydrogen (secondary N) is 1. The number of carbonyl (C=O) groups is 1. The molecule has 0 saturated heterocycles. The van der Waals surface area contributed by atoms with Gasteiger partial charge in [-0.2, -0.15) is 26.0 Å². The highest BCUT2D eigenvalue weighted by atomic mass is 32.2. The SMILES string of the molecule is CCCc1nsc(C(=O)O)c1Cc1ccc(-c2ccccc2NS(=O)(=O)C(F)(F)F)cc1. The van der Waals surface area contributed by atoms with E-state index in [0.717, 1.165) is 29.2 Å². The van der Waals surface area contributed by atoms with Gasteiger partial charge in [-0.05, 0) is 35.1 Å². The molecule has 3 aromatic rings. The van der Waals surface area contributed by atoms with E-state index in [2.05, 4.69) is 4.37 Å². The Morgan fingerprint density at radius 1 is 1.12 bits per heavy atom. The Balaban J connectivity index is 1.90. The van der Waals surface area contributed by atoms with E-state index < -0.39 is 21.5 Å². The van der Waals surface area contributed by atoms with Crippen LogP contribution in [0.3, 0.4) is 0 Å². The highest BCUT2D eigenvalue weighted by Gasteiger charge is 2.46. The molecule has 0 saturated carbocycles. The van der Waals surface area contributed by atoms with Gasteiger partial charge in [-0.3, -0.25) is 4.72 Å². The number of aromatic nitrogens is 1. The first-order chi connectivity index (χ1) is 15.0. The van der Waals surface area contributed by atoms with Crippen LogP contribution in [0.4, 0.5) is 18.9 Å². The summed E-state index contributed by atoms with van der Waals surface area (Å²) in [6.07, 6.45) is 1.82. The number of sulfonamides is 1. The predicted molar refractivity (Wildman–Crippen MR) is 116 cm³/mol. The maximum absolute atomic E-state index is 12.8. The van der Waals surface area contributed by atoms with Gasteiger partial charge in [0.25, 0.3) is 0 Å². The maximum Gasteiger partial charge on any atom is 0.516 e. The van der Waals surface area contributed by atoms with Crippen LogP contribution in [0.25, 0.3) is 11.1 Å². The van der Waals surface area contributed by atoms with Crippen LogP contribution in [0, 0.1) is 0 Å². The monoisotopic (exact) mass is 484 g/mol. The van der Waals surface area contributed by atoms with E-state index in [0.29, 0.717) is 24.0 Å². The summed E-state index contributed by atoms with van der Waals surface area (Å²) in [7, 11) is -5.56. The van der Waals surface area contributed by atoms with Crippen LogP contribution in [-0.2, 0) is 22.9 Å². The van der Waals surface area contributed by atoms with Crippen molar-refractivity contribution in [2.75, 3.05) is 4.72 Å². The van der Waals surface area contributed by atoms with E-state index in [9.17, 15) is 31.5 Å². The summed E-state index contributed by atoms with van der Waals surface area (Å²) in [5.41, 5.74) is -2.66. The molecule has 0 atom stereocenters. The Morgan fingerprint density at radius 3 is 2.38 bits per heavy atom. The molecule has 0 fully saturated rings. The molecule has 0 spiro atoms. The number of halogens is 3. The number of carboxylic acid groups (broad SMARTS) is 1. The minimum absolute atomic E-state index is 0.185. The number of aryl methyl sites for hydroxylation is 1. The summed E-state index contributed by atoms with van der Waals surface area (Å²) in [5.74, 6) is -1.04. The number of para-hydroxylation sites is 1. The van der Waals surface area contributed by atoms with Crippen molar-refractivity contribution in [1.82, 2.24) is 4.37 Å². The van der Waals surface area contributed by atoms with Crippen LogP contribution in [0.5, 0.6) is 0 Å². The number of alkyl halides is 3. The Kier molecular flexibility index (Phi) is 6.89. The number of nitrogens with zero attached hydrogens (tertiary/aromatic N) is 1. The number of benzene rings is 2. The topological polar surface area (TPSA) is 96.4 Å². The molecule has 2 aromatic carbocycles. The summed E-state index contributed by atoms with van der Waals surface area (Å²) < 4.78 is 67.2. The van der Waals surface area contributed by atoms with Crippen molar-refractivity contribution in [2.45, 2.75) is 31.7 Å². The maximum atomic E-state index is 12.8. The van der Waals surface area contributed by atoms with Gasteiger partial charge in [-0.25, -0.2) is 4.79 Å². The molecule has 0 unspecified atom stereocenters. The van der Waals surface area contributed by atoms with Crippen LogP contribution in [0.2, 0.25) is 0 Å². The number of hydrogen-bond donors (Lipinski definition) is 2. The zero-order valence-corrected chi connectivity index (χ0v) is 18.4. The number of anilines is 1. The zero-order chi connectivity index (χ0) is 23.5. The first-order valence-electron chi connectivity index (χ1n) is 9.51. The molecule has 0 amide bonds. The third kappa shape index (κ3) is 5.10. The highest BCUT2D eigenvalue weighted by molar-refractivity contribution is 7.93. The average molecular weight is 485 g/mol. The molecule has 170 valence electrons. The lowest BCUT2D eigenvalue weighted by atomic mass is 9.98. The second-order valence-corrected chi connectivity index (χ2v) is 9.41. The van der Waals surface area contributed by atoms with Crippen molar-refractivity contribution >= 4 is 33.2 Å². The van der Waals surface area contributed by atoms with Gasteiger partial charge in [0.1, 0.15) is 4.88 Å². The summed E-state index contributed by atoms with van der Waals surface area (Å²) >= 11 is 0.946. The zero-order valence-electron chi connectivity index (χ0n) is 16.8. The van der Waals surface area contributed by atoms with Gasteiger partial charge in [0, 0.05) is 17.5 Å². The lowest BCUT2D eigenvalue weighted by Crippen LogP contribution is -2.30. The quantitative estimate of drug-likeness (QED) is 0.452. The third-order valence-electron chi connectivity index (χ3n) is 4.67. The molecule has 0 aliphatic heterocycles. The summed E-state index contributed by atoms with van der Waals surface area (Å²) in [6.45, 7) is 1.98. The average Bonchev–Trinajstić information content (AvgIpc) is 3.11. The van der Waals surface area contributed by atoms with Crippen LogP contribution < -0.4 is 4.72 Å². The predicted octanol–water partition coefficient (Wildman–Crippen LogP) is 5.31. The molecular formula is C21H19F3N2O4S2. The molecular weight excluding hydrogens is 465 g/mol. The van der Waals surface area contributed by atoms with Gasteiger partial charge >= 0.3 is 21.5 Å². The van der Waals surface area contributed by atoms with Gasteiger partial charge in [-0.1, -0.05) is 55.8 Å². The number of carboxylic acids is 1. The number of rotatable bonds is 8. The van der Waals surface area contributed by atoms with Gasteiger partial charge in [0.15, 0.2) is 0 Å². The molecule has 2 N–H and O–H groups in total. The fourth-order valence-corrected chi connectivity index (χ4v) is 4.52. The largest absolute Gasteiger partial charge is 0.516 e. The van der Waals surface area contributed by atoms with Crippen molar-refractivity contribution in [3.05, 3.63) is 70.2 Å². The van der Waals surface area contributed by atoms with Gasteiger partial charge in [0.05, 0.1) is 11.4 Å². The van der Waals surface area contributed by atoms with Crippen LogP contribution >= 0.6 is 11.5 Å². The Morgan fingerprint density at radius 2 is 1.78 bits per heavy atom. The second-order valence-electron chi connectivity index (χ2n) is 6.96. The lowest BCUT2D eigenvalue weighted by Gasteiger charge is -2.14. The Hall–Kier alpha value is -2.92. The molecule has 6 nitrogen and oxygen atoms in total. The van der Waals surface area contributed by atoms with E-state index >= 15 is 0 Å². The van der Waals surface area contributed by atoms with E-state index in [-0.39, 0.29) is 16.1 Å². The number of hydrogen-bond acceptors (Lipinski definition) is 5. The molecule has 1 aromatic heterocycles. The van der Waals surface area contributed by atoms with E-state index in [1.165, 1.54) is 18.2 Å². The van der Waals surface area contributed by atoms with Crippen LogP contribution in [0.1, 0.15) is 39.8 Å². The summed E-state index contributed by atoms with van der Waals surface area (Å²) in [4.78, 5) is 11.7. The molecule has 11 heteroatoms. The number of aromatic carboxylic acids is 1.